The number of methoxy groups -OCH3 is 1. The number of nitrogens with zero attached hydrogens (tertiary/aromatic N) is 1. The summed E-state index contributed by atoms with van der Waals surface area (Å²) in [6, 6.07) is 8.27. The van der Waals surface area contributed by atoms with Crippen molar-refractivity contribution in [3.63, 3.8) is 0 Å². The van der Waals surface area contributed by atoms with Gasteiger partial charge >= 0.3 is 0 Å². The normalized spacial score (nSPS) is 10.3. The Kier molecular flexibility index (Phi) is 4.30. The summed E-state index contributed by atoms with van der Waals surface area (Å²) in [5, 5.41) is 0. The fourth-order valence-electron chi connectivity index (χ4n) is 1.75. The highest BCUT2D eigenvalue weighted by molar-refractivity contribution is 5.35. The van der Waals surface area contributed by atoms with E-state index in [1.54, 1.807) is 31.5 Å². The van der Waals surface area contributed by atoms with Crippen LogP contribution >= 0.6 is 0 Å². The minimum absolute atomic E-state index is 0.0895. The van der Waals surface area contributed by atoms with E-state index in [4.69, 9.17) is 15.2 Å². The van der Waals surface area contributed by atoms with E-state index in [1.807, 2.05) is 6.07 Å². The van der Waals surface area contributed by atoms with Gasteiger partial charge in [-0.25, -0.2) is 9.37 Å². The van der Waals surface area contributed by atoms with Crippen LogP contribution in [0.2, 0.25) is 0 Å². The fraction of sp³-hybridized carbons (Fsp3) is 0.214. The van der Waals surface area contributed by atoms with Gasteiger partial charge < -0.3 is 15.2 Å². The van der Waals surface area contributed by atoms with Gasteiger partial charge in [0.1, 0.15) is 18.2 Å². The Hall–Kier alpha value is -2.14. The Morgan fingerprint density at radius 3 is 2.84 bits per heavy atom. The molecule has 0 spiro atoms. The van der Waals surface area contributed by atoms with Gasteiger partial charge in [0.05, 0.1) is 12.7 Å². The third kappa shape index (κ3) is 3.00. The van der Waals surface area contributed by atoms with Crippen LogP contribution in [-0.2, 0) is 13.2 Å². The molecule has 0 aliphatic rings. The number of hydrogen-bond donors (Lipinski definition) is 1. The molecule has 2 N–H and O–H groups in total. The second-order valence-corrected chi connectivity index (χ2v) is 3.88. The predicted molar refractivity (Wildman–Crippen MR) is 69.4 cm³/mol. The standard InChI is InChI=1S/C14H15FN2O2/c1-18-14-10(4-3-7-17-14)9-19-13-6-2-5-12(15)11(13)8-16/h2-7H,8-9,16H2,1H3. The van der Waals surface area contributed by atoms with Crippen molar-refractivity contribution >= 4 is 0 Å². The highest BCUT2D eigenvalue weighted by Crippen LogP contribution is 2.23. The molecule has 19 heavy (non-hydrogen) atoms. The van der Waals surface area contributed by atoms with Gasteiger partial charge in [-0.2, -0.15) is 0 Å². The molecule has 0 radical (unpaired) electrons. The molecule has 0 aliphatic heterocycles. The Balaban J connectivity index is 2.17. The topological polar surface area (TPSA) is 57.4 Å². The van der Waals surface area contributed by atoms with Gasteiger partial charge in [0, 0.05) is 18.3 Å². The second-order valence-electron chi connectivity index (χ2n) is 3.88. The number of pyridine rings is 1. The molecule has 0 saturated carbocycles. The summed E-state index contributed by atoms with van der Waals surface area (Å²) in [6.07, 6.45) is 1.63. The van der Waals surface area contributed by atoms with E-state index in [0.717, 1.165) is 5.56 Å². The van der Waals surface area contributed by atoms with E-state index in [1.165, 1.54) is 6.07 Å². The summed E-state index contributed by atoms with van der Waals surface area (Å²) in [4.78, 5) is 4.07. The van der Waals surface area contributed by atoms with Gasteiger partial charge in [-0.1, -0.05) is 6.07 Å². The van der Waals surface area contributed by atoms with Crippen LogP contribution < -0.4 is 15.2 Å². The number of halogens is 1. The molecule has 100 valence electrons. The third-order valence-electron chi connectivity index (χ3n) is 2.71. The maximum Gasteiger partial charge on any atom is 0.219 e. The van der Waals surface area contributed by atoms with Gasteiger partial charge in [0.15, 0.2) is 0 Å². The Labute approximate surface area is 111 Å². The lowest BCUT2D eigenvalue weighted by molar-refractivity contribution is 0.289. The van der Waals surface area contributed by atoms with Crippen LogP contribution in [0.3, 0.4) is 0 Å². The van der Waals surface area contributed by atoms with Crippen molar-refractivity contribution in [1.29, 1.82) is 0 Å². The molecule has 1 heterocycles. The lowest BCUT2D eigenvalue weighted by atomic mass is 10.2. The minimum Gasteiger partial charge on any atom is -0.488 e. The molecule has 0 amide bonds. The van der Waals surface area contributed by atoms with Crippen LogP contribution in [0.25, 0.3) is 0 Å². The zero-order chi connectivity index (χ0) is 13.7. The molecular formula is C14H15FN2O2. The molecule has 0 bridgehead atoms. The van der Waals surface area contributed by atoms with E-state index in [-0.39, 0.29) is 19.0 Å². The largest absolute Gasteiger partial charge is 0.488 e. The summed E-state index contributed by atoms with van der Waals surface area (Å²) in [5.41, 5.74) is 6.67. The number of nitrogens with two attached hydrogens (primary N) is 1. The van der Waals surface area contributed by atoms with E-state index < -0.39 is 0 Å². The van der Waals surface area contributed by atoms with E-state index in [0.29, 0.717) is 17.2 Å². The van der Waals surface area contributed by atoms with E-state index in [2.05, 4.69) is 4.98 Å². The molecule has 5 heteroatoms. The molecule has 2 aromatic rings. The number of rotatable bonds is 5. The first-order chi connectivity index (χ1) is 9.26. The van der Waals surface area contributed by atoms with Crippen molar-refractivity contribution in [3.05, 3.63) is 53.5 Å². The first-order valence-corrected chi connectivity index (χ1v) is 5.84. The fourth-order valence-corrected chi connectivity index (χ4v) is 1.75. The van der Waals surface area contributed by atoms with Gasteiger partial charge in [0.2, 0.25) is 5.88 Å². The van der Waals surface area contributed by atoms with Crippen LogP contribution in [0.1, 0.15) is 11.1 Å². The molecule has 4 nitrogen and oxygen atoms in total. The van der Waals surface area contributed by atoms with Crippen molar-refractivity contribution in [2.45, 2.75) is 13.2 Å². The zero-order valence-electron chi connectivity index (χ0n) is 10.6. The summed E-state index contributed by atoms with van der Waals surface area (Å²) in [5.74, 6) is 0.569. The van der Waals surface area contributed by atoms with Crippen molar-refractivity contribution < 1.29 is 13.9 Å². The van der Waals surface area contributed by atoms with Crippen molar-refractivity contribution in [2.24, 2.45) is 5.73 Å². The smallest absolute Gasteiger partial charge is 0.219 e. The van der Waals surface area contributed by atoms with Crippen LogP contribution in [0, 0.1) is 5.82 Å². The molecule has 0 saturated heterocycles. The lowest BCUT2D eigenvalue weighted by Crippen LogP contribution is -2.06. The lowest BCUT2D eigenvalue weighted by Gasteiger charge is -2.12. The maximum absolute atomic E-state index is 13.5. The first-order valence-electron chi connectivity index (χ1n) is 5.84. The van der Waals surface area contributed by atoms with Crippen molar-refractivity contribution in [2.75, 3.05) is 7.11 Å². The molecular weight excluding hydrogens is 247 g/mol. The minimum atomic E-state index is -0.363. The Bertz CT molecular complexity index is 561. The van der Waals surface area contributed by atoms with Crippen LogP contribution in [0.5, 0.6) is 11.6 Å². The monoisotopic (exact) mass is 262 g/mol. The summed E-state index contributed by atoms with van der Waals surface area (Å²) >= 11 is 0. The molecule has 1 aromatic carbocycles. The SMILES string of the molecule is COc1ncccc1COc1cccc(F)c1CN. The van der Waals surface area contributed by atoms with Crippen molar-refractivity contribution in [1.82, 2.24) is 4.98 Å². The molecule has 0 fully saturated rings. The van der Waals surface area contributed by atoms with Gasteiger partial charge in [-0.15, -0.1) is 0 Å². The first kappa shape index (κ1) is 13.3. The van der Waals surface area contributed by atoms with Crippen LogP contribution in [-0.4, -0.2) is 12.1 Å². The Morgan fingerprint density at radius 1 is 1.26 bits per heavy atom. The predicted octanol–water partition coefficient (Wildman–Crippen LogP) is 2.27. The average molecular weight is 262 g/mol. The zero-order valence-corrected chi connectivity index (χ0v) is 10.6. The highest BCUT2D eigenvalue weighted by Gasteiger charge is 2.09. The van der Waals surface area contributed by atoms with E-state index >= 15 is 0 Å². The summed E-state index contributed by atoms with van der Waals surface area (Å²) in [6.45, 7) is 0.333. The highest BCUT2D eigenvalue weighted by atomic mass is 19.1. The average Bonchev–Trinajstić information content (AvgIpc) is 2.45. The maximum atomic E-state index is 13.5. The molecule has 0 aliphatic carbocycles. The van der Waals surface area contributed by atoms with E-state index in [9.17, 15) is 4.39 Å². The molecule has 2 rings (SSSR count). The third-order valence-corrected chi connectivity index (χ3v) is 2.71. The summed E-state index contributed by atoms with van der Waals surface area (Å²) in [7, 11) is 1.54. The molecule has 0 atom stereocenters. The van der Waals surface area contributed by atoms with Gasteiger partial charge in [0.25, 0.3) is 0 Å². The van der Waals surface area contributed by atoms with Gasteiger partial charge in [-0.3, -0.25) is 0 Å². The molecule has 1 aromatic heterocycles. The number of aromatic nitrogens is 1. The van der Waals surface area contributed by atoms with Crippen molar-refractivity contribution in [3.8, 4) is 11.6 Å². The Morgan fingerprint density at radius 2 is 2.11 bits per heavy atom. The molecule has 0 unspecified atom stereocenters. The quantitative estimate of drug-likeness (QED) is 0.898. The summed E-state index contributed by atoms with van der Waals surface area (Å²) < 4.78 is 24.2. The number of benzene rings is 1. The van der Waals surface area contributed by atoms with Gasteiger partial charge in [-0.05, 0) is 24.3 Å². The number of ether oxygens (including phenoxy) is 2. The van der Waals surface area contributed by atoms with Crippen LogP contribution in [0.15, 0.2) is 36.5 Å². The second kappa shape index (κ2) is 6.15. The van der Waals surface area contributed by atoms with Crippen LogP contribution in [0.4, 0.5) is 4.39 Å². The number of hydrogen-bond acceptors (Lipinski definition) is 4.